The number of para-hydroxylation sites is 1. The summed E-state index contributed by atoms with van der Waals surface area (Å²) < 4.78 is 26.5. The first-order valence-electron chi connectivity index (χ1n) is 5.77. The second-order valence-corrected chi connectivity index (χ2v) is 5.69. The van der Waals surface area contributed by atoms with E-state index in [-0.39, 0.29) is 5.56 Å². The summed E-state index contributed by atoms with van der Waals surface area (Å²) >= 11 is 0. The Morgan fingerprint density at radius 3 is 2.55 bits per heavy atom. The second kappa shape index (κ2) is 5.77. The van der Waals surface area contributed by atoms with Crippen LogP contribution in [0.1, 0.15) is 10.4 Å². The molecule has 9 nitrogen and oxygen atoms in total. The van der Waals surface area contributed by atoms with Crippen molar-refractivity contribution >= 4 is 27.5 Å². The summed E-state index contributed by atoms with van der Waals surface area (Å²) in [5.41, 5.74) is -0.993. The fourth-order valence-electron chi connectivity index (χ4n) is 1.68. The van der Waals surface area contributed by atoms with Crippen LogP contribution in [0.4, 0.5) is 11.5 Å². The number of nitrogens with zero attached hydrogens (tertiary/aromatic N) is 2. The molecule has 114 valence electrons. The van der Waals surface area contributed by atoms with Crippen LogP contribution in [0.2, 0.25) is 0 Å². The van der Waals surface area contributed by atoms with Crippen LogP contribution in [-0.4, -0.2) is 29.4 Å². The monoisotopic (exact) mass is 323 g/mol. The highest BCUT2D eigenvalue weighted by atomic mass is 32.2. The van der Waals surface area contributed by atoms with Crippen LogP contribution in [0.5, 0.6) is 0 Å². The zero-order valence-corrected chi connectivity index (χ0v) is 11.6. The summed E-state index contributed by atoms with van der Waals surface area (Å²) in [6.07, 6.45) is 1.20. The lowest BCUT2D eigenvalue weighted by Crippen LogP contribution is -2.17. The smallest absolute Gasteiger partial charge is 0.339 e. The predicted octanol–water partition coefficient (Wildman–Crippen LogP) is 1.49. The minimum absolute atomic E-state index is 0.371. The van der Waals surface area contributed by atoms with Gasteiger partial charge in [0, 0.05) is 12.3 Å². The van der Waals surface area contributed by atoms with Gasteiger partial charge < -0.3 is 5.11 Å². The van der Waals surface area contributed by atoms with E-state index in [0.717, 1.165) is 18.2 Å². The van der Waals surface area contributed by atoms with E-state index in [0.29, 0.717) is 0 Å². The molecule has 0 saturated carbocycles. The van der Waals surface area contributed by atoms with E-state index in [4.69, 9.17) is 5.11 Å². The Balaban J connectivity index is 2.50. The van der Waals surface area contributed by atoms with Crippen molar-refractivity contribution in [2.75, 3.05) is 4.72 Å². The van der Waals surface area contributed by atoms with E-state index in [1.54, 1.807) is 0 Å². The summed E-state index contributed by atoms with van der Waals surface area (Å²) in [4.78, 5) is 24.2. The van der Waals surface area contributed by atoms with Gasteiger partial charge in [-0.1, -0.05) is 12.1 Å². The number of anilines is 1. The number of rotatable bonds is 5. The van der Waals surface area contributed by atoms with Crippen molar-refractivity contribution in [3.8, 4) is 0 Å². The number of carbonyl (C=O) groups is 1. The maximum absolute atomic E-state index is 12.3. The van der Waals surface area contributed by atoms with E-state index in [1.165, 1.54) is 24.4 Å². The van der Waals surface area contributed by atoms with Gasteiger partial charge in [-0.2, -0.15) is 0 Å². The van der Waals surface area contributed by atoms with Crippen LogP contribution in [0.3, 0.4) is 0 Å². The molecule has 1 aromatic heterocycles. The Bertz CT molecular complexity index is 849. The molecule has 1 heterocycles. The molecule has 0 bridgehead atoms. The Morgan fingerprint density at radius 2 is 1.91 bits per heavy atom. The van der Waals surface area contributed by atoms with E-state index >= 15 is 0 Å². The van der Waals surface area contributed by atoms with Crippen molar-refractivity contribution in [3.63, 3.8) is 0 Å². The number of hydrogen-bond acceptors (Lipinski definition) is 6. The van der Waals surface area contributed by atoms with Crippen LogP contribution in [0, 0.1) is 10.1 Å². The number of nitrogens with one attached hydrogen (secondary N) is 1. The number of nitro groups is 1. The SMILES string of the molecule is O=C(O)c1cccnc1NS(=O)(=O)c1ccccc1[N+](=O)[O-]. The van der Waals surface area contributed by atoms with E-state index in [1.807, 2.05) is 4.72 Å². The topological polar surface area (TPSA) is 140 Å². The zero-order valence-electron chi connectivity index (χ0n) is 10.8. The zero-order chi connectivity index (χ0) is 16.3. The molecule has 0 spiro atoms. The Kier molecular flexibility index (Phi) is 4.04. The van der Waals surface area contributed by atoms with E-state index < -0.39 is 37.3 Å². The minimum Gasteiger partial charge on any atom is -0.478 e. The van der Waals surface area contributed by atoms with Crippen molar-refractivity contribution in [1.29, 1.82) is 0 Å². The molecule has 0 aliphatic heterocycles. The Hall–Kier alpha value is -3.01. The molecule has 2 rings (SSSR count). The number of aromatic nitrogens is 1. The lowest BCUT2D eigenvalue weighted by atomic mass is 10.3. The quantitative estimate of drug-likeness (QED) is 0.627. The molecule has 1 aromatic carbocycles. The molecule has 0 amide bonds. The third-order valence-electron chi connectivity index (χ3n) is 2.62. The number of pyridine rings is 1. The number of carboxylic acids is 1. The second-order valence-electron chi connectivity index (χ2n) is 4.04. The van der Waals surface area contributed by atoms with Crippen molar-refractivity contribution in [2.45, 2.75) is 4.90 Å². The first-order valence-corrected chi connectivity index (χ1v) is 7.26. The molecule has 0 aliphatic carbocycles. The number of hydrogen-bond donors (Lipinski definition) is 2. The number of carboxylic acid groups (broad SMARTS) is 1. The molecule has 0 atom stereocenters. The number of benzene rings is 1. The maximum Gasteiger partial charge on any atom is 0.339 e. The molecule has 0 unspecified atom stereocenters. The van der Waals surface area contributed by atoms with Gasteiger partial charge in [0.2, 0.25) is 0 Å². The van der Waals surface area contributed by atoms with Gasteiger partial charge in [0.05, 0.1) is 4.92 Å². The highest BCUT2D eigenvalue weighted by Crippen LogP contribution is 2.25. The van der Waals surface area contributed by atoms with Crippen molar-refractivity contribution in [3.05, 3.63) is 58.3 Å². The van der Waals surface area contributed by atoms with Gasteiger partial charge in [-0.25, -0.2) is 18.2 Å². The normalized spacial score (nSPS) is 10.9. The van der Waals surface area contributed by atoms with Crippen LogP contribution in [-0.2, 0) is 10.0 Å². The average molecular weight is 323 g/mol. The first kappa shape index (κ1) is 15.4. The summed E-state index contributed by atoms with van der Waals surface area (Å²) in [6.45, 7) is 0. The van der Waals surface area contributed by atoms with Gasteiger partial charge in [-0.15, -0.1) is 0 Å². The largest absolute Gasteiger partial charge is 0.478 e. The molecule has 10 heteroatoms. The minimum atomic E-state index is -4.36. The van der Waals surface area contributed by atoms with Gasteiger partial charge in [0.25, 0.3) is 15.7 Å². The van der Waals surface area contributed by atoms with Crippen LogP contribution >= 0.6 is 0 Å². The van der Waals surface area contributed by atoms with Crippen molar-refractivity contribution < 1.29 is 23.2 Å². The molecule has 0 aliphatic rings. The molecule has 2 N–H and O–H groups in total. The van der Waals surface area contributed by atoms with Gasteiger partial charge in [0.1, 0.15) is 5.56 Å². The molecular formula is C12H9N3O6S. The van der Waals surface area contributed by atoms with Gasteiger partial charge >= 0.3 is 5.97 Å². The molecule has 0 saturated heterocycles. The summed E-state index contributed by atoms with van der Waals surface area (Å²) in [7, 11) is -4.36. The van der Waals surface area contributed by atoms with E-state index in [2.05, 4.69) is 4.98 Å². The molecule has 2 aromatic rings. The van der Waals surface area contributed by atoms with Crippen LogP contribution in [0.15, 0.2) is 47.5 Å². The Labute approximate surface area is 124 Å². The lowest BCUT2D eigenvalue weighted by Gasteiger charge is -2.09. The summed E-state index contributed by atoms with van der Waals surface area (Å²) in [5.74, 6) is -1.80. The fraction of sp³-hybridized carbons (Fsp3) is 0. The number of nitro benzene ring substituents is 1. The molecule has 22 heavy (non-hydrogen) atoms. The van der Waals surface area contributed by atoms with Crippen LogP contribution < -0.4 is 4.72 Å². The van der Waals surface area contributed by atoms with E-state index in [9.17, 15) is 23.3 Å². The van der Waals surface area contributed by atoms with Gasteiger partial charge in [0.15, 0.2) is 10.7 Å². The number of sulfonamides is 1. The van der Waals surface area contributed by atoms with Gasteiger partial charge in [-0.3, -0.25) is 14.8 Å². The fourth-order valence-corrected chi connectivity index (χ4v) is 2.88. The predicted molar refractivity (Wildman–Crippen MR) is 75.1 cm³/mol. The van der Waals surface area contributed by atoms with Crippen LogP contribution in [0.25, 0.3) is 0 Å². The highest BCUT2D eigenvalue weighted by molar-refractivity contribution is 7.92. The first-order chi connectivity index (χ1) is 10.3. The molecular weight excluding hydrogens is 314 g/mol. The third kappa shape index (κ3) is 3.01. The summed E-state index contributed by atoms with van der Waals surface area (Å²) in [6, 6.07) is 7.20. The standard InChI is InChI=1S/C12H9N3O6S/c16-12(17)8-4-3-7-13-11(8)14-22(20,21)10-6-2-1-5-9(10)15(18)19/h1-7H,(H,13,14)(H,16,17). The van der Waals surface area contributed by atoms with Gasteiger partial charge in [-0.05, 0) is 18.2 Å². The maximum atomic E-state index is 12.3. The lowest BCUT2D eigenvalue weighted by molar-refractivity contribution is -0.387. The highest BCUT2D eigenvalue weighted by Gasteiger charge is 2.27. The number of aromatic carboxylic acids is 1. The molecule has 0 fully saturated rings. The Morgan fingerprint density at radius 1 is 1.23 bits per heavy atom. The third-order valence-corrected chi connectivity index (χ3v) is 4.01. The van der Waals surface area contributed by atoms with Crippen molar-refractivity contribution in [1.82, 2.24) is 4.98 Å². The van der Waals surface area contributed by atoms with Crippen molar-refractivity contribution in [2.24, 2.45) is 0 Å². The average Bonchev–Trinajstić information content (AvgIpc) is 2.47. The summed E-state index contributed by atoms with van der Waals surface area (Å²) in [5, 5.41) is 19.9. The molecule has 0 radical (unpaired) electrons.